The van der Waals surface area contributed by atoms with Crippen LogP contribution in [0.1, 0.15) is 37.5 Å². The van der Waals surface area contributed by atoms with Crippen molar-refractivity contribution in [3.05, 3.63) is 108 Å². The number of benzene rings is 3. The lowest BCUT2D eigenvalue weighted by Gasteiger charge is -2.46. The quantitative estimate of drug-likeness (QED) is 0.261. The van der Waals surface area contributed by atoms with Crippen LogP contribution in [-0.4, -0.2) is 32.2 Å². The second-order valence-electron chi connectivity index (χ2n) is 11.4. The number of hydrogen-bond donors (Lipinski definition) is 1. The van der Waals surface area contributed by atoms with Crippen molar-refractivity contribution in [2.45, 2.75) is 64.0 Å². The summed E-state index contributed by atoms with van der Waals surface area (Å²) in [6.45, 7) is 11.6. The third-order valence-corrected chi connectivity index (χ3v) is 12.1. The SMILES string of the molecule is CC(C)(C)[Si](C)(C)OCc1ccccc1N1C(=O)[C@@H](NC(=O)Cc2ccccc2)[C@H]1C=Cc1ccccc1. The number of carbonyl (C=O) groups excluding carboxylic acids is 2. The topological polar surface area (TPSA) is 58.6 Å². The third kappa shape index (κ3) is 6.32. The molecule has 5 nitrogen and oxygen atoms in total. The van der Waals surface area contributed by atoms with Gasteiger partial charge < -0.3 is 14.6 Å². The molecule has 1 aliphatic heterocycles. The molecule has 2 amide bonds. The number of carbonyl (C=O) groups is 2. The second kappa shape index (κ2) is 11.5. The van der Waals surface area contributed by atoms with Gasteiger partial charge >= 0.3 is 0 Å². The summed E-state index contributed by atoms with van der Waals surface area (Å²) in [5.74, 6) is -0.282. The third-order valence-electron chi connectivity index (χ3n) is 7.60. The molecule has 198 valence electrons. The van der Waals surface area contributed by atoms with Crippen molar-refractivity contribution >= 4 is 31.9 Å². The number of para-hydroxylation sites is 1. The van der Waals surface area contributed by atoms with E-state index in [0.29, 0.717) is 6.61 Å². The fraction of sp³-hybridized carbons (Fsp3) is 0.312. The Hall–Kier alpha value is -3.48. The molecule has 0 bridgehead atoms. The molecule has 0 radical (unpaired) electrons. The minimum atomic E-state index is -1.98. The fourth-order valence-electron chi connectivity index (χ4n) is 4.26. The minimum Gasteiger partial charge on any atom is -0.412 e. The van der Waals surface area contributed by atoms with Gasteiger partial charge in [0, 0.05) is 11.3 Å². The van der Waals surface area contributed by atoms with Crippen LogP contribution in [0.15, 0.2) is 91.0 Å². The Morgan fingerprint density at radius 2 is 1.55 bits per heavy atom. The predicted octanol–water partition coefficient (Wildman–Crippen LogP) is 6.36. The molecule has 0 aromatic heterocycles. The lowest BCUT2D eigenvalue weighted by atomic mass is 9.91. The van der Waals surface area contributed by atoms with Gasteiger partial charge in [-0.05, 0) is 35.3 Å². The van der Waals surface area contributed by atoms with Crippen molar-refractivity contribution < 1.29 is 14.0 Å². The van der Waals surface area contributed by atoms with Gasteiger partial charge in [-0.25, -0.2) is 0 Å². The number of rotatable bonds is 9. The lowest BCUT2D eigenvalue weighted by Crippen LogP contribution is -2.70. The second-order valence-corrected chi connectivity index (χ2v) is 16.2. The Bertz CT molecular complexity index is 1280. The normalized spacial score (nSPS) is 17.9. The number of amides is 2. The number of anilines is 1. The standard InChI is InChI=1S/C32H38N2O3Si/c1-32(2,3)38(4,5)37-23-26-18-12-13-19-27(26)34-28(21-20-24-14-8-6-9-15-24)30(31(34)36)33-29(35)22-25-16-10-7-11-17-25/h6-21,28,30H,22-23H2,1-5H3,(H,33,35)/t28-,30+/m1/s1. The fourth-order valence-corrected chi connectivity index (χ4v) is 5.20. The largest absolute Gasteiger partial charge is 0.412 e. The van der Waals surface area contributed by atoms with Crippen molar-refractivity contribution in [2.75, 3.05) is 4.90 Å². The Kier molecular flexibility index (Phi) is 8.34. The highest BCUT2D eigenvalue weighted by Crippen LogP contribution is 2.38. The van der Waals surface area contributed by atoms with E-state index in [9.17, 15) is 9.59 Å². The molecule has 2 atom stereocenters. The molecule has 4 rings (SSSR count). The van der Waals surface area contributed by atoms with Crippen LogP contribution in [0, 0.1) is 0 Å². The Morgan fingerprint density at radius 3 is 2.21 bits per heavy atom. The maximum Gasteiger partial charge on any atom is 0.252 e. The van der Waals surface area contributed by atoms with Crippen LogP contribution in [0.2, 0.25) is 18.1 Å². The molecule has 0 unspecified atom stereocenters. The Labute approximate surface area is 227 Å². The number of hydrogen-bond acceptors (Lipinski definition) is 3. The molecule has 0 saturated carbocycles. The number of β-lactam (4-membered cyclic amide) rings is 1. The Balaban J connectivity index is 1.58. The highest BCUT2D eigenvalue weighted by Gasteiger charge is 2.48. The summed E-state index contributed by atoms with van der Waals surface area (Å²) in [4.78, 5) is 28.2. The molecule has 3 aromatic carbocycles. The van der Waals surface area contributed by atoms with Crippen LogP contribution in [0.3, 0.4) is 0 Å². The first-order chi connectivity index (χ1) is 18.1. The summed E-state index contributed by atoms with van der Waals surface area (Å²) < 4.78 is 6.51. The van der Waals surface area contributed by atoms with Crippen molar-refractivity contribution in [1.82, 2.24) is 5.32 Å². The zero-order valence-corrected chi connectivity index (χ0v) is 24.0. The van der Waals surface area contributed by atoms with E-state index in [1.165, 1.54) is 0 Å². The minimum absolute atomic E-state index is 0.0869. The zero-order valence-electron chi connectivity index (χ0n) is 23.0. The van der Waals surface area contributed by atoms with Crippen molar-refractivity contribution in [3.63, 3.8) is 0 Å². The predicted molar refractivity (Wildman–Crippen MR) is 157 cm³/mol. The molecule has 1 heterocycles. The first kappa shape index (κ1) is 27.5. The molecule has 1 aliphatic rings. The summed E-state index contributed by atoms with van der Waals surface area (Å²) in [6.07, 6.45) is 4.25. The van der Waals surface area contributed by atoms with E-state index in [4.69, 9.17) is 4.43 Å². The molecular formula is C32H38N2O3Si. The highest BCUT2D eigenvalue weighted by atomic mass is 28.4. The maximum absolute atomic E-state index is 13.5. The van der Waals surface area contributed by atoms with Gasteiger partial charge in [0.2, 0.25) is 5.91 Å². The van der Waals surface area contributed by atoms with E-state index in [-0.39, 0.29) is 29.3 Å². The van der Waals surface area contributed by atoms with Gasteiger partial charge in [-0.3, -0.25) is 9.59 Å². The van der Waals surface area contributed by atoms with Gasteiger partial charge in [-0.15, -0.1) is 0 Å². The summed E-state index contributed by atoms with van der Waals surface area (Å²) >= 11 is 0. The number of nitrogens with zero attached hydrogens (tertiary/aromatic N) is 1. The Morgan fingerprint density at radius 1 is 0.947 bits per heavy atom. The van der Waals surface area contributed by atoms with E-state index in [0.717, 1.165) is 22.4 Å². The van der Waals surface area contributed by atoms with Gasteiger partial charge in [0.1, 0.15) is 6.04 Å². The average molecular weight is 527 g/mol. The molecule has 0 aliphatic carbocycles. The molecule has 3 aromatic rings. The van der Waals surface area contributed by atoms with Gasteiger partial charge in [-0.1, -0.05) is 112 Å². The first-order valence-corrected chi connectivity index (χ1v) is 16.1. The van der Waals surface area contributed by atoms with Crippen LogP contribution in [-0.2, 0) is 27.0 Å². The lowest BCUT2D eigenvalue weighted by molar-refractivity contribution is -0.131. The summed E-state index contributed by atoms with van der Waals surface area (Å²) in [5.41, 5.74) is 3.75. The molecule has 6 heteroatoms. The molecule has 1 fully saturated rings. The van der Waals surface area contributed by atoms with Gasteiger partial charge in [0.25, 0.3) is 5.91 Å². The van der Waals surface area contributed by atoms with E-state index in [1.54, 1.807) is 4.90 Å². The summed E-state index contributed by atoms with van der Waals surface area (Å²) in [5, 5.41) is 3.08. The molecule has 0 spiro atoms. The summed E-state index contributed by atoms with van der Waals surface area (Å²) in [6, 6.07) is 26.5. The highest BCUT2D eigenvalue weighted by molar-refractivity contribution is 6.74. The van der Waals surface area contributed by atoms with Crippen LogP contribution < -0.4 is 10.2 Å². The van der Waals surface area contributed by atoms with Crippen molar-refractivity contribution in [2.24, 2.45) is 0 Å². The van der Waals surface area contributed by atoms with Crippen LogP contribution in [0.4, 0.5) is 5.69 Å². The molecule has 1 saturated heterocycles. The molecule has 1 N–H and O–H groups in total. The average Bonchev–Trinajstić information content (AvgIpc) is 2.89. The molecular weight excluding hydrogens is 488 g/mol. The van der Waals surface area contributed by atoms with Crippen LogP contribution in [0.5, 0.6) is 0 Å². The van der Waals surface area contributed by atoms with Gasteiger partial charge in [0.15, 0.2) is 8.32 Å². The number of nitrogens with one attached hydrogen (secondary N) is 1. The van der Waals surface area contributed by atoms with Crippen molar-refractivity contribution in [3.8, 4) is 0 Å². The van der Waals surface area contributed by atoms with E-state index in [1.807, 2.05) is 97.1 Å². The van der Waals surface area contributed by atoms with E-state index < -0.39 is 14.4 Å². The summed E-state index contributed by atoms with van der Waals surface area (Å²) in [7, 11) is -1.98. The molecule has 38 heavy (non-hydrogen) atoms. The zero-order chi connectivity index (χ0) is 27.3. The van der Waals surface area contributed by atoms with E-state index >= 15 is 0 Å². The van der Waals surface area contributed by atoms with Gasteiger partial charge in [-0.2, -0.15) is 0 Å². The first-order valence-electron chi connectivity index (χ1n) is 13.2. The maximum atomic E-state index is 13.5. The van der Waals surface area contributed by atoms with Crippen LogP contribution in [0.25, 0.3) is 6.08 Å². The van der Waals surface area contributed by atoms with Crippen molar-refractivity contribution in [1.29, 1.82) is 0 Å². The smallest absolute Gasteiger partial charge is 0.252 e. The van der Waals surface area contributed by atoms with Crippen LogP contribution >= 0.6 is 0 Å². The monoisotopic (exact) mass is 526 g/mol. The van der Waals surface area contributed by atoms with E-state index in [2.05, 4.69) is 39.2 Å². The van der Waals surface area contributed by atoms with Gasteiger partial charge in [0.05, 0.1) is 19.1 Å².